The van der Waals surface area contributed by atoms with Gasteiger partial charge < -0.3 is 4.74 Å². The van der Waals surface area contributed by atoms with Gasteiger partial charge in [-0.3, -0.25) is 0 Å². The number of ether oxygens (including phenoxy) is 1. The summed E-state index contributed by atoms with van der Waals surface area (Å²) in [5.41, 5.74) is 4.43. The van der Waals surface area contributed by atoms with Crippen molar-refractivity contribution in [3.8, 4) is 16.9 Å². The van der Waals surface area contributed by atoms with Crippen LogP contribution in [0.3, 0.4) is 0 Å². The second-order valence-electron chi connectivity index (χ2n) is 5.56. The van der Waals surface area contributed by atoms with Crippen LogP contribution in [0.1, 0.15) is 11.1 Å². The molecule has 0 amide bonds. The normalized spacial score (nSPS) is 10.7. The smallest absolute Gasteiger partial charge is 0.336 e. The first-order valence-corrected chi connectivity index (χ1v) is 7.83. The second-order valence-corrected chi connectivity index (χ2v) is 5.56. The first-order valence-electron chi connectivity index (χ1n) is 7.83. The van der Waals surface area contributed by atoms with E-state index in [1.54, 1.807) is 6.08 Å². The largest absolute Gasteiger partial charge is 0.423 e. The highest BCUT2D eigenvalue weighted by Gasteiger charge is 2.02. The van der Waals surface area contributed by atoms with Crippen molar-refractivity contribution in [3.63, 3.8) is 0 Å². The minimum atomic E-state index is -0.387. The van der Waals surface area contributed by atoms with Crippen LogP contribution in [-0.2, 0) is 4.79 Å². The van der Waals surface area contributed by atoms with Gasteiger partial charge in [0, 0.05) is 6.08 Å². The van der Waals surface area contributed by atoms with Crippen LogP contribution in [0.4, 0.5) is 0 Å². The topological polar surface area (TPSA) is 26.3 Å². The molecule has 0 aliphatic carbocycles. The summed E-state index contributed by atoms with van der Waals surface area (Å²) in [5.74, 6) is 0.149. The molecule has 0 saturated carbocycles. The van der Waals surface area contributed by atoms with Gasteiger partial charge in [0.25, 0.3) is 0 Å². The summed E-state index contributed by atoms with van der Waals surface area (Å²) in [5, 5.41) is 0. The minimum absolute atomic E-state index is 0.387. The molecular weight excluding hydrogens is 296 g/mol. The fourth-order valence-electron chi connectivity index (χ4n) is 2.34. The molecule has 0 radical (unpaired) electrons. The Kier molecular flexibility index (Phi) is 4.87. The molecule has 0 unspecified atom stereocenters. The lowest BCUT2D eigenvalue weighted by Crippen LogP contribution is -2.03. The zero-order chi connectivity index (χ0) is 16.8. The zero-order valence-electron chi connectivity index (χ0n) is 13.5. The van der Waals surface area contributed by atoms with Crippen molar-refractivity contribution in [3.05, 3.63) is 96.1 Å². The van der Waals surface area contributed by atoms with Gasteiger partial charge in [0.15, 0.2) is 0 Å². The monoisotopic (exact) mass is 314 g/mol. The van der Waals surface area contributed by atoms with Crippen LogP contribution >= 0.6 is 0 Å². The SMILES string of the molecule is Cc1ccc(-c2ccc(OC(=O)/C=C/c3ccccc3)cc2)cc1. The minimum Gasteiger partial charge on any atom is -0.423 e. The van der Waals surface area contributed by atoms with E-state index in [1.165, 1.54) is 11.6 Å². The maximum absolute atomic E-state index is 11.9. The van der Waals surface area contributed by atoms with E-state index in [2.05, 4.69) is 31.2 Å². The third kappa shape index (κ3) is 4.20. The average Bonchev–Trinajstić information content (AvgIpc) is 2.62. The molecule has 0 saturated heterocycles. The number of carbonyl (C=O) groups excluding carboxylic acids is 1. The van der Waals surface area contributed by atoms with Gasteiger partial charge in [-0.2, -0.15) is 0 Å². The molecule has 3 aromatic carbocycles. The van der Waals surface area contributed by atoms with Crippen LogP contribution < -0.4 is 4.74 Å². The van der Waals surface area contributed by atoms with Crippen LogP contribution in [0, 0.1) is 6.92 Å². The third-order valence-electron chi connectivity index (χ3n) is 3.67. The van der Waals surface area contributed by atoms with Crippen LogP contribution in [0.15, 0.2) is 84.9 Å². The fraction of sp³-hybridized carbons (Fsp3) is 0.0455. The predicted octanol–water partition coefficient (Wildman–Crippen LogP) is 5.28. The van der Waals surface area contributed by atoms with Gasteiger partial charge in [0.05, 0.1) is 0 Å². The highest BCUT2D eigenvalue weighted by Crippen LogP contribution is 2.22. The van der Waals surface area contributed by atoms with E-state index in [9.17, 15) is 4.79 Å². The molecule has 0 aliphatic heterocycles. The van der Waals surface area contributed by atoms with Crippen molar-refractivity contribution in [2.45, 2.75) is 6.92 Å². The molecule has 3 rings (SSSR count). The fourth-order valence-corrected chi connectivity index (χ4v) is 2.34. The summed E-state index contributed by atoms with van der Waals surface area (Å²) in [6.45, 7) is 2.06. The highest BCUT2D eigenvalue weighted by molar-refractivity contribution is 5.88. The molecule has 0 fully saturated rings. The lowest BCUT2D eigenvalue weighted by molar-refractivity contribution is -0.128. The summed E-state index contributed by atoms with van der Waals surface area (Å²) in [7, 11) is 0. The highest BCUT2D eigenvalue weighted by atomic mass is 16.5. The van der Waals surface area contributed by atoms with Crippen LogP contribution in [0.2, 0.25) is 0 Å². The number of aryl methyl sites for hydroxylation is 1. The molecule has 0 spiro atoms. The van der Waals surface area contributed by atoms with Gasteiger partial charge in [0.1, 0.15) is 5.75 Å². The molecule has 3 aromatic rings. The maximum Gasteiger partial charge on any atom is 0.336 e. The van der Waals surface area contributed by atoms with Crippen LogP contribution in [0.25, 0.3) is 17.2 Å². The van der Waals surface area contributed by atoms with E-state index in [4.69, 9.17) is 4.74 Å². The molecule has 0 aromatic heterocycles. The summed E-state index contributed by atoms with van der Waals surface area (Å²) in [6, 6.07) is 25.5. The Morgan fingerprint density at radius 3 is 2.00 bits per heavy atom. The van der Waals surface area contributed by atoms with Gasteiger partial charge in [-0.05, 0) is 41.8 Å². The Balaban J connectivity index is 1.64. The number of hydrogen-bond donors (Lipinski definition) is 0. The molecule has 0 atom stereocenters. The van der Waals surface area contributed by atoms with Gasteiger partial charge in [0.2, 0.25) is 0 Å². The van der Waals surface area contributed by atoms with E-state index in [0.717, 1.165) is 16.7 Å². The third-order valence-corrected chi connectivity index (χ3v) is 3.67. The first-order chi connectivity index (χ1) is 11.7. The van der Waals surface area contributed by atoms with E-state index in [1.807, 2.05) is 54.6 Å². The molecule has 0 N–H and O–H groups in total. The molecule has 24 heavy (non-hydrogen) atoms. The molecular formula is C22H18O2. The standard InChI is InChI=1S/C22H18O2/c1-17-7-10-19(11-8-17)20-12-14-21(15-13-20)24-22(23)16-9-18-5-3-2-4-6-18/h2-16H,1H3/b16-9+. The quantitative estimate of drug-likeness (QED) is 0.372. The Bertz CT molecular complexity index is 829. The van der Waals surface area contributed by atoms with Gasteiger partial charge in [-0.15, -0.1) is 0 Å². The Morgan fingerprint density at radius 2 is 1.38 bits per heavy atom. The molecule has 0 aliphatic rings. The number of hydrogen-bond acceptors (Lipinski definition) is 2. The van der Waals surface area contributed by atoms with Crippen molar-refractivity contribution >= 4 is 12.0 Å². The van der Waals surface area contributed by atoms with E-state index >= 15 is 0 Å². The summed E-state index contributed by atoms with van der Waals surface area (Å²) < 4.78 is 5.32. The average molecular weight is 314 g/mol. The van der Waals surface area contributed by atoms with Gasteiger partial charge in [-0.1, -0.05) is 72.3 Å². The van der Waals surface area contributed by atoms with Crippen LogP contribution in [-0.4, -0.2) is 5.97 Å². The second kappa shape index (κ2) is 7.42. The van der Waals surface area contributed by atoms with E-state index < -0.39 is 0 Å². The Morgan fingerprint density at radius 1 is 0.792 bits per heavy atom. The Labute approximate surface area is 142 Å². The van der Waals surface area contributed by atoms with Gasteiger partial charge >= 0.3 is 5.97 Å². The Hall–Kier alpha value is -3.13. The van der Waals surface area contributed by atoms with E-state index in [0.29, 0.717) is 5.75 Å². The predicted molar refractivity (Wildman–Crippen MR) is 97.7 cm³/mol. The lowest BCUT2D eigenvalue weighted by atomic mass is 10.0. The van der Waals surface area contributed by atoms with Gasteiger partial charge in [-0.25, -0.2) is 4.79 Å². The van der Waals surface area contributed by atoms with Crippen molar-refractivity contribution < 1.29 is 9.53 Å². The maximum atomic E-state index is 11.9. The molecule has 2 nitrogen and oxygen atoms in total. The lowest BCUT2D eigenvalue weighted by Gasteiger charge is -2.05. The summed E-state index contributed by atoms with van der Waals surface area (Å²) in [6.07, 6.45) is 3.17. The zero-order valence-corrected chi connectivity index (χ0v) is 13.5. The molecule has 118 valence electrons. The first kappa shape index (κ1) is 15.8. The summed E-state index contributed by atoms with van der Waals surface area (Å²) >= 11 is 0. The summed E-state index contributed by atoms with van der Waals surface area (Å²) in [4.78, 5) is 11.9. The van der Waals surface area contributed by atoms with Crippen LogP contribution in [0.5, 0.6) is 5.75 Å². The van der Waals surface area contributed by atoms with Crippen molar-refractivity contribution in [2.24, 2.45) is 0 Å². The number of esters is 1. The van der Waals surface area contributed by atoms with Crippen molar-refractivity contribution in [1.82, 2.24) is 0 Å². The number of carbonyl (C=O) groups is 1. The molecule has 2 heteroatoms. The van der Waals surface area contributed by atoms with E-state index in [-0.39, 0.29) is 5.97 Å². The number of rotatable bonds is 4. The number of benzene rings is 3. The molecule has 0 bridgehead atoms. The van der Waals surface area contributed by atoms with Crippen molar-refractivity contribution in [2.75, 3.05) is 0 Å². The molecule has 0 heterocycles. The van der Waals surface area contributed by atoms with Crippen molar-refractivity contribution in [1.29, 1.82) is 0 Å².